The number of benzene rings is 3. The number of para-hydroxylation sites is 1. The molecule has 3 aromatic carbocycles. The van der Waals surface area contributed by atoms with Crippen LogP contribution in [0.25, 0.3) is 0 Å². The lowest BCUT2D eigenvalue weighted by molar-refractivity contribution is -0.384. The molecule has 0 heterocycles. The molecule has 0 spiro atoms. The van der Waals surface area contributed by atoms with Crippen molar-refractivity contribution in [3.8, 4) is 0 Å². The van der Waals surface area contributed by atoms with Crippen LogP contribution >= 0.6 is 0 Å². The molecule has 0 atom stereocenters. The van der Waals surface area contributed by atoms with E-state index in [1.165, 1.54) is 24.3 Å². The minimum absolute atomic E-state index is 0.0239. The molecule has 2 amide bonds. The van der Waals surface area contributed by atoms with Crippen LogP contribution < -0.4 is 10.6 Å². The Kier molecular flexibility index (Phi) is 5.24. The van der Waals surface area contributed by atoms with Gasteiger partial charge in [0.05, 0.1) is 4.92 Å². The van der Waals surface area contributed by atoms with Gasteiger partial charge >= 0.3 is 6.03 Å². The van der Waals surface area contributed by atoms with Crippen LogP contribution in [0.1, 0.15) is 11.1 Å². The summed E-state index contributed by atoms with van der Waals surface area (Å²) in [5.74, 6) is 0. The van der Waals surface area contributed by atoms with Crippen LogP contribution in [0.15, 0.2) is 78.9 Å². The van der Waals surface area contributed by atoms with Crippen molar-refractivity contribution in [1.82, 2.24) is 0 Å². The summed E-state index contributed by atoms with van der Waals surface area (Å²) in [5.41, 5.74) is 3.32. The summed E-state index contributed by atoms with van der Waals surface area (Å²) in [5, 5.41) is 16.2. The molecule has 2 N–H and O–H groups in total. The number of hydrogen-bond donors (Lipinski definition) is 2. The molecule has 0 saturated carbocycles. The van der Waals surface area contributed by atoms with Gasteiger partial charge in [-0.15, -0.1) is 0 Å². The Labute approximate surface area is 150 Å². The average molecular weight is 347 g/mol. The number of carbonyl (C=O) groups is 1. The van der Waals surface area contributed by atoms with Gasteiger partial charge in [-0.1, -0.05) is 48.5 Å². The van der Waals surface area contributed by atoms with E-state index in [1.54, 1.807) is 0 Å². The van der Waals surface area contributed by atoms with Gasteiger partial charge in [-0.2, -0.15) is 0 Å². The maximum absolute atomic E-state index is 12.2. The van der Waals surface area contributed by atoms with Gasteiger partial charge in [-0.05, 0) is 35.7 Å². The van der Waals surface area contributed by atoms with E-state index >= 15 is 0 Å². The molecule has 0 aliphatic carbocycles. The fraction of sp³-hybridized carbons (Fsp3) is 0.0500. The van der Waals surface area contributed by atoms with Gasteiger partial charge in [0.2, 0.25) is 0 Å². The Morgan fingerprint density at radius 3 is 2.19 bits per heavy atom. The van der Waals surface area contributed by atoms with Crippen molar-refractivity contribution in [2.45, 2.75) is 6.42 Å². The molecular formula is C20H17N3O3. The zero-order chi connectivity index (χ0) is 18.4. The van der Waals surface area contributed by atoms with E-state index in [2.05, 4.69) is 10.6 Å². The van der Waals surface area contributed by atoms with Crippen LogP contribution in [0.2, 0.25) is 0 Å². The van der Waals surface area contributed by atoms with Crippen molar-refractivity contribution in [2.24, 2.45) is 0 Å². The Balaban J connectivity index is 1.68. The molecule has 26 heavy (non-hydrogen) atoms. The average Bonchev–Trinajstić information content (AvgIpc) is 2.64. The summed E-state index contributed by atoms with van der Waals surface area (Å²) in [6.45, 7) is 0. The Morgan fingerprint density at radius 2 is 1.50 bits per heavy atom. The molecule has 0 saturated heterocycles. The topological polar surface area (TPSA) is 84.3 Å². The summed E-state index contributed by atoms with van der Waals surface area (Å²) >= 11 is 0. The fourth-order valence-electron chi connectivity index (χ4n) is 2.56. The van der Waals surface area contributed by atoms with Gasteiger partial charge in [0, 0.05) is 23.5 Å². The fourth-order valence-corrected chi connectivity index (χ4v) is 2.56. The molecule has 0 aromatic heterocycles. The van der Waals surface area contributed by atoms with Gasteiger partial charge in [0.15, 0.2) is 0 Å². The third kappa shape index (κ3) is 4.45. The van der Waals surface area contributed by atoms with Gasteiger partial charge in [0.25, 0.3) is 5.69 Å². The predicted octanol–water partition coefficient (Wildman–Crippen LogP) is 4.83. The molecule has 130 valence electrons. The highest BCUT2D eigenvalue weighted by atomic mass is 16.6. The first-order valence-electron chi connectivity index (χ1n) is 8.06. The quantitative estimate of drug-likeness (QED) is 0.512. The summed E-state index contributed by atoms with van der Waals surface area (Å²) in [7, 11) is 0. The van der Waals surface area contributed by atoms with Crippen molar-refractivity contribution in [3.05, 3.63) is 100 Å². The van der Waals surface area contributed by atoms with E-state index in [9.17, 15) is 14.9 Å². The van der Waals surface area contributed by atoms with E-state index in [0.717, 1.165) is 16.8 Å². The Morgan fingerprint density at radius 1 is 0.846 bits per heavy atom. The van der Waals surface area contributed by atoms with Gasteiger partial charge < -0.3 is 10.6 Å². The van der Waals surface area contributed by atoms with Gasteiger partial charge in [-0.3, -0.25) is 10.1 Å². The van der Waals surface area contributed by atoms with Gasteiger partial charge in [0.1, 0.15) is 0 Å². The maximum atomic E-state index is 12.2. The second kappa shape index (κ2) is 7.94. The van der Waals surface area contributed by atoms with Gasteiger partial charge in [-0.25, -0.2) is 4.79 Å². The number of urea groups is 1. The van der Waals surface area contributed by atoms with Crippen LogP contribution in [0.3, 0.4) is 0 Å². The zero-order valence-corrected chi connectivity index (χ0v) is 13.9. The van der Waals surface area contributed by atoms with Crippen molar-refractivity contribution in [3.63, 3.8) is 0 Å². The number of nitrogens with zero attached hydrogens (tertiary/aromatic N) is 1. The number of rotatable bonds is 5. The number of hydrogen-bond acceptors (Lipinski definition) is 3. The summed E-state index contributed by atoms with van der Waals surface area (Å²) in [6.07, 6.45) is 0.703. The second-order valence-corrected chi connectivity index (χ2v) is 5.70. The Hall–Kier alpha value is -3.67. The van der Waals surface area contributed by atoms with Crippen LogP contribution in [0.5, 0.6) is 0 Å². The highest BCUT2D eigenvalue weighted by Crippen LogP contribution is 2.20. The number of anilines is 2. The number of non-ortho nitro benzene ring substituents is 1. The first-order valence-corrected chi connectivity index (χ1v) is 8.06. The molecule has 3 rings (SSSR count). The molecule has 0 bridgehead atoms. The lowest BCUT2D eigenvalue weighted by Gasteiger charge is -2.12. The molecule has 0 radical (unpaired) electrons. The predicted molar refractivity (Wildman–Crippen MR) is 101 cm³/mol. The summed E-state index contributed by atoms with van der Waals surface area (Å²) in [6, 6.07) is 22.9. The minimum atomic E-state index is -0.482. The standard InChI is InChI=1S/C20H17N3O3/c24-20(21-17-10-12-18(13-11-17)23(25)26)22-19-9-5-4-8-16(19)14-15-6-2-1-3-7-15/h1-13H,14H2,(H2,21,22,24). The molecule has 0 aliphatic heterocycles. The number of amides is 2. The highest BCUT2D eigenvalue weighted by molar-refractivity contribution is 6.00. The molecule has 0 fully saturated rings. The van der Waals surface area contributed by atoms with Crippen LogP contribution in [-0.4, -0.2) is 11.0 Å². The first kappa shape index (κ1) is 17.2. The summed E-state index contributed by atoms with van der Waals surface area (Å²) in [4.78, 5) is 22.4. The third-order valence-corrected chi connectivity index (χ3v) is 3.84. The molecule has 3 aromatic rings. The minimum Gasteiger partial charge on any atom is -0.308 e. The summed E-state index contributed by atoms with van der Waals surface area (Å²) < 4.78 is 0. The lowest BCUT2D eigenvalue weighted by atomic mass is 10.0. The maximum Gasteiger partial charge on any atom is 0.323 e. The normalized spacial score (nSPS) is 10.2. The van der Waals surface area contributed by atoms with Crippen molar-refractivity contribution in [1.29, 1.82) is 0 Å². The first-order chi connectivity index (χ1) is 12.6. The van der Waals surface area contributed by atoms with E-state index in [0.29, 0.717) is 12.1 Å². The largest absolute Gasteiger partial charge is 0.323 e. The van der Waals surface area contributed by atoms with E-state index < -0.39 is 11.0 Å². The number of carbonyl (C=O) groups excluding carboxylic acids is 1. The molecular weight excluding hydrogens is 330 g/mol. The Bertz CT molecular complexity index is 909. The highest BCUT2D eigenvalue weighted by Gasteiger charge is 2.09. The number of nitro groups is 1. The zero-order valence-electron chi connectivity index (χ0n) is 13.9. The lowest BCUT2D eigenvalue weighted by Crippen LogP contribution is -2.20. The van der Waals surface area contributed by atoms with Crippen LogP contribution in [-0.2, 0) is 6.42 Å². The second-order valence-electron chi connectivity index (χ2n) is 5.70. The number of nitrogens with one attached hydrogen (secondary N) is 2. The molecule has 6 heteroatoms. The van der Waals surface area contributed by atoms with E-state index in [1.807, 2.05) is 54.6 Å². The third-order valence-electron chi connectivity index (χ3n) is 3.84. The molecule has 0 aliphatic rings. The van der Waals surface area contributed by atoms with Crippen LogP contribution in [0, 0.1) is 10.1 Å². The SMILES string of the molecule is O=C(Nc1ccc([N+](=O)[O-])cc1)Nc1ccccc1Cc1ccccc1. The van der Waals surface area contributed by atoms with Crippen LogP contribution in [0.4, 0.5) is 21.9 Å². The van der Waals surface area contributed by atoms with Crippen molar-refractivity contribution in [2.75, 3.05) is 10.6 Å². The number of nitro benzene ring substituents is 1. The molecule has 0 unspecified atom stereocenters. The molecule has 6 nitrogen and oxygen atoms in total. The van der Waals surface area contributed by atoms with E-state index in [4.69, 9.17) is 0 Å². The monoisotopic (exact) mass is 347 g/mol. The smallest absolute Gasteiger partial charge is 0.308 e. The van der Waals surface area contributed by atoms with E-state index in [-0.39, 0.29) is 5.69 Å². The van der Waals surface area contributed by atoms with Crippen molar-refractivity contribution >= 4 is 23.1 Å². The van der Waals surface area contributed by atoms with Crippen molar-refractivity contribution < 1.29 is 9.72 Å².